The second-order valence-corrected chi connectivity index (χ2v) is 11.2. The van der Waals surface area contributed by atoms with Gasteiger partial charge in [0.05, 0.1) is 5.92 Å². The summed E-state index contributed by atoms with van der Waals surface area (Å²) in [4.78, 5) is 17.9. The van der Waals surface area contributed by atoms with E-state index in [9.17, 15) is 4.79 Å². The van der Waals surface area contributed by atoms with Crippen LogP contribution in [-0.2, 0) is 16.1 Å². The van der Waals surface area contributed by atoms with Crippen LogP contribution >= 0.6 is 0 Å². The lowest BCUT2D eigenvalue weighted by Gasteiger charge is -2.50. The number of rotatable bonds is 4. The number of fused-ring (bicyclic) bond motifs is 3. The van der Waals surface area contributed by atoms with Crippen LogP contribution in [0.5, 0.6) is 11.5 Å². The molecule has 0 aromatic heterocycles. The zero-order valence-corrected chi connectivity index (χ0v) is 19.8. The van der Waals surface area contributed by atoms with E-state index in [0.717, 1.165) is 70.0 Å². The van der Waals surface area contributed by atoms with E-state index in [1.165, 1.54) is 24.0 Å². The van der Waals surface area contributed by atoms with Crippen LogP contribution in [0.25, 0.3) is 0 Å². The molecule has 2 saturated carbocycles. The van der Waals surface area contributed by atoms with Crippen LogP contribution in [0.2, 0.25) is 0 Å². The van der Waals surface area contributed by atoms with Crippen molar-refractivity contribution in [1.29, 1.82) is 0 Å². The summed E-state index contributed by atoms with van der Waals surface area (Å²) in [5, 5.41) is 0. The second-order valence-electron chi connectivity index (χ2n) is 11.2. The number of hydrogen-bond donors (Lipinski definition) is 0. The Morgan fingerprint density at radius 2 is 1.91 bits per heavy atom. The maximum Gasteiger partial charge on any atom is 0.310 e. The highest BCUT2D eigenvalue weighted by Crippen LogP contribution is 2.57. The summed E-state index contributed by atoms with van der Waals surface area (Å²) in [6.45, 7) is 12.9. The average Bonchev–Trinajstić information content (AvgIpc) is 3.37. The molecule has 1 aromatic carbocycles. The van der Waals surface area contributed by atoms with Gasteiger partial charge in [0.2, 0.25) is 6.79 Å². The number of hydrogen-bond acceptors (Lipinski definition) is 6. The second kappa shape index (κ2) is 8.31. The van der Waals surface area contributed by atoms with Gasteiger partial charge in [-0.05, 0) is 61.1 Å². The highest BCUT2D eigenvalue weighted by molar-refractivity contribution is 5.75. The lowest BCUT2D eigenvalue weighted by molar-refractivity contribution is -0.146. The van der Waals surface area contributed by atoms with Gasteiger partial charge in [-0.2, -0.15) is 0 Å². The minimum Gasteiger partial charge on any atom is -0.462 e. The molecule has 2 aliphatic carbocycles. The largest absolute Gasteiger partial charge is 0.462 e. The average molecular weight is 453 g/mol. The Labute approximate surface area is 196 Å². The molecule has 6 rings (SSSR count). The van der Waals surface area contributed by atoms with Gasteiger partial charge in [-0.1, -0.05) is 25.1 Å². The molecule has 0 spiro atoms. The zero-order valence-electron chi connectivity index (χ0n) is 19.8. The maximum atomic E-state index is 12.9. The number of allylic oxidation sites excluding steroid dienone is 1. The van der Waals surface area contributed by atoms with Crippen LogP contribution in [0.3, 0.4) is 0 Å². The van der Waals surface area contributed by atoms with Crippen molar-refractivity contribution >= 4 is 5.97 Å². The Bertz CT molecular complexity index is 940. The molecule has 0 amide bonds. The third-order valence-electron chi connectivity index (χ3n) is 9.08. The molecule has 5 aliphatic rings. The number of ether oxygens (including phenoxy) is 3. The number of carbonyl (C=O) groups is 1. The Hall–Kier alpha value is -2.05. The molecule has 5 atom stereocenters. The lowest BCUT2D eigenvalue weighted by Crippen LogP contribution is -2.49. The fourth-order valence-corrected chi connectivity index (χ4v) is 7.17. The number of benzene rings is 1. The summed E-state index contributed by atoms with van der Waals surface area (Å²) >= 11 is 0. The monoisotopic (exact) mass is 452 g/mol. The van der Waals surface area contributed by atoms with E-state index in [4.69, 9.17) is 14.2 Å². The van der Waals surface area contributed by atoms with E-state index in [0.29, 0.717) is 18.6 Å². The Morgan fingerprint density at radius 1 is 1.12 bits per heavy atom. The highest BCUT2D eigenvalue weighted by atomic mass is 16.7. The predicted molar refractivity (Wildman–Crippen MR) is 125 cm³/mol. The topological polar surface area (TPSA) is 51.2 Å². The first-order chi connectivity index (χ1) is 16.0. The van der Waals surface area contributed by atoms with E-state index in [2.05, 4.69) is 35.4 Å². The number of piperazine rings is 1. The van der Waals surface area contributed by atoms with E-state index in [1.807, 2.05) is 6.07 Å². The molecule has 2 saturated heterocycles. The summed E-state index contributed by atoms with van der Waals surface area (Å²) in [5.41, 5.74) is 2.94. The van der Waals surface area contributed by atoms with E-state index in [1.54, 1.807) is 0 Å². The summed E-state index contributed by atoms with van der Waals surface area (Å²) < 4.78 is 16.9. The summed E-state index contributed by atoms with van der Waals surface area (Å²) in [6.07, 6.45) is 5.85. The van der Waals surface area contributed by atoms with Crippen molar-refractivity contribution in [2.75, 3.05) is 39.5 Å². The van der Waals surface area contributed by atoms with Gasteiger partial charge in [-0.25, -0.2) is 0 Å². The molecule has 33 heavy (non-hydrogen) atoms. The molecule has 6 nitrogen and oxygen atoms in total. The van der Waals surface area contributed by atoms with Gasteiger partial charge in [0.1, 0.15) is 6.10 Å². The normalized spacial score (nSPS) is 36.4. The van der Waals surface area contributed by atoms with Gasteiger partial charge in [0, 0.05) is 45.2 Å². The summed E-state index contributed by atoms with van der Waals surface area (Å²) in [6, 6.07) is 6.23. The van der Waals surface area contributed by atoms with Gasteiger partial charge >= 0.3 is 5.97 Å². The molecule has 3 aliphatic heterocycles. The molecule has 178 valence electrons. The minimum atomic E-state index is 0.0229. The quantitative estimate of drug-likeness (QED) is 0.511. The third-order valence-corrected chi connectivity index (χ3v) is 9.08. The fourth-order valence-electron chi connectivity index (χ4n) is 7.17. The van der Waals surface area contributed by atoms with Crippen LogP contribution in [0, 0.1) is 23.2 Å². The zero-order chi connectivity index (χ0) is 22.6. The first-order valence-corrected chi connectivity index (χ1v) is 12.7. The van der Waals surface area contributed by atoms with Crippen molar-refractivity contribution in [3.05, 3.63) is 35.9 Å². The Kier molecular flexibility index (Phi) is 5.41. The predicted octanol–water partition coefficient (Wildman–Crippen LogP) is 3.85. The van der Waals surface area contributed by atoms with Crippen molar-refractivity contribution in [2.45, 2.75) is 51.7 Å². The molecular weight excluding hydrogens is 416 g/mol. The molecule has 1 aromatic rings. The van der Waals surface area contributed by atoms with E-state index < -0.39 is 0 Å². The van der Waals surface area contributed by atoms with Gasteiger partial charge in [0.15, 0.2) is 11.5 Å². The van der Waals surface area contributed by atoms with Crippen LogP contribution in [-0.4, -0.2) is 61.4 Å². The van der Waals surface area contributed by atoms with Gasteiger partial charge in [-0.15, -0.1) is 0 Å². The maximum absolute atomic E-state index is 12.9. The third kappa shape index (κ3) is 3.95. The van der Waals surface area contributed by atoms with E-state index >= 15 is 0 Å². The number of carbonyl (C=O) groups excluding carboxylic acids is 1. The first-order valence-electron chi connectivity index (χ1n) is 12.7. The van der Waals surface area contributed by atoms with Crippen molar-refractivity contribution in [1.82, 2.24) is 9.80 Å². The molecule has 0 bridgehead atoms. The number of esters is 1. The first kappa shape index (κ1) is 21.5. The number of nitrogens with zero attached hydrogens (tertiary/aromatic N) is 2. The summed E-state index contributed by atoms with van der Waals surface area (Å²) in [5.74, 6) is 2.67. The molecule has 3 heterocycles. The Morgan fingerprint density at radius 3 is 2.76 bits per heavy atom. The van der Waals surface area contributed by atoms with Crippen LogP contribution in [0.1, 0.15) is 44.6 Å². The molecule has 0 N–H and O–H groups in total. The standard InChI is InChI=1S/C27H36N2O4/c1-18-4-3-7-27(2)14-25-20(13-22(18)27)21(26(30)33-25)16-29-10-8-28(9-11-29)15-19-5-6-23-24(12-19)32-17-31-23/h5-6,12,20-22,25H,1,3-4,7-11,13-17H2,2H3/t20-,21+,22-,25+,27+/m0/s1. The van der Waals surface area contributed by atoms with Gasteiger partial charge in [-0.3, -0.25) is 14.6 Å². The fraction of sp³-hybridized carbons (Fsp3) is 0.667. The Balaban J connectivity index is 1.05. The van der Waals surface area contributed by atoms with Crippen LogP contribution in [0.15, 0.2) is 30.4 Å². The molecular formula is C27H36N2O4. The van der Waals surface area contributed by atoms with Crippen molar-refractivity contribution < 1.29 is 19.0 Å². The molecule has 6 heteroatoms. The molecule has 4 fully saturated rings. The van der Waals surface area contributed by atoms with Crippen molar-refractivity contribution in [2.24, 2.45) is 23.2 Å². The SMILES string of the molecule is C=C1CCC[C@]2(C)C[C@H]3OC(=O)[C@H](CN4CCN(Cc5ccc6c(c5)OCO6)CC4)[C@@H]3C[C@@H]12. The van der Waals surface area contributed by atoms with Crippen molar-refractivity contribution in [3.63, 3.8) is 0 Å². The van der Waals surface area contributed by atoms with Crippen molar-refractivity contribution in [3.8, 4) is 11.5 Å². The minimum absolute atomic E-state index is 0.0229. The smallest absolute Gasteiger partial charge is 0.310 e. The molecule has 0 radical (unpaired) electrons. The van der Waals surface area contributed by atoms with Gasteiger partial charge in [0.25, 0.3) is 0 Å². The van der Waals surface area contributed by atoms with Crippen LogP contribution in [0.4, 0.5) is 0 Å². The van der Waals surface area contributed by atoms with Crippen LogP contribution < -0.4 is 9.47 Å². The van der Waals surface area contributed by atoms with E-state index in [-0.39, 0.29) is 23.4 Å². The van der Waals surface area contributed by atoms with Gasteiger partial charge < -0.3 is 14.2 Å². The molecule has 0 unspecified atom stereocenters. The highest BCUT2D eigenvalue weighted by Gasteiger charge is 2.55. The lowest BCUT2D eigenvalue weighted by atomic mass is 9.55. The summed E-state index contributed by atoms with van der Waals surface area (Å²) in [7, 11) is 0.